The Labute approximate surface area is 120 Å². The van der Waals surface area contributed by atoms with E-state index in [1.807, 2.05) is 0 Å². The summed E-state index contributed by atoms with van der Waals surface area (Å²) in [6.07, 6.45) is 1.51. The van der Waals surface area contributed by atoms with Crippen molar-refractivity contribution >= 4 is 23.0 Å². The number of hydrogen-bond donors (Lipinski definition) is 2. The van der Waals surface area contributed by atoms with Crippen LogP contribution in [0.2, 0.25) is 5.02 Å². The molecule has 0 atom stereocenters. The number of nitro benzene ring substituents is 1. The van der Waals surface area contributed by atoms with Crippen LogP contribution in [0.4, 0.5) is 11.4 Å². The molecular weight excluding hydrogens is 282 g/mol. The van der Waals surface area contributed by atoms with Gasteiger partial charge in [0, 0.05) is 12.3 Å². The van der Waals surface area contributed by atoms with Crippen molar-refractivity contribution in [2.45, 2.75) is 13.2 Å². The minimum absolute atomic E-state index is 0.0452. The van der Waals surface area contributed by atoms with E-state index in [9.17, 15) is 10.1 Å². The molecule has 104 valence electrons. The smallest absolute Gasteiger partial charge is 0.292 e. The number of nitrogens with one attached hydrogen (secondary N) is 1. The summed E-state index contributed by atoms with van der Waals surface area (Å²) in [5, 5.41) is 23.5. The molecule has 0 bridgehead atoms. The van der Waals surface area contributed by atoms with Crippen LogP contribution < -0.4 is 5.32 Å². The van der Waals surface area contributed by atoms with Crippen molar-refractivity contribution in [1.82, 2.24) is 4.98 Å². The Morgan fingerprint density at radius 2 is 2.15 bits per heavy atom. The Morgan fingerprint density at radius 3 is 2.75 bits per heavy atom. The summed E-state index contributed by atoms with van der Waals surface area (Å²) in [5.74, 6) is 0. The second kappa shape index (κ2) is 6.31. The molecule has 2 N–H and O–H groups in total. The molecule has 2 aromatic rings. The van der Waals surface area contributed by atoms with Crippen LogP contribution in [0.3, 0.4) is 0 Å². The normalized spacial score (nSPS) is 10.3. The van der Waals surface area contributed by atoms with Gasteiger partial charge in [-0.15, -0.1) is 0 Å². The molecule has 0 aliphatic rings. The molecule has 0 aliphatic heterocycles. The molecule has 6 nitrogen and oxygen atoms in total. The molecule has 20 heavy (non-hydrogen) atoms. The molecule has 0 saturated heterocycles. The molecule has 0 unspecified atom stereocenters. The maximum absolute atomic E-state index is 10.9. The van der Waals surface area contributed by atoms with E-state index in [1.165, 1.54) is 18.3 Å². The fourth-order valence-electron chi connectivity index (χ4n) is 1.68. The summed E-state index contributed by atoms with van der Waals surface area (Å²) in [4.78, 5) is 14.6. The maximum atomic E-state index is 10.9. The van der Waals surface area contributed by atoms with E-state index in [-0.39, 0.29) is 12.3 Å². The van der Waals surface area contributed by atoms with Gasteiger partial charge in [0.25, 0.3) is 5.69 Å². The van der Waals surface area contributed by atoms with E-state index in [2.05, 4.69) is 10.3 Å². The fourth-order valence-corrected chi connectivity index (χ4v) is 1.79. The van der Waals surface area contributed by atoms with Gasteiger partial charge in [-0.1, -0.05) is 11.6 Å². The second-order valence-corrected chi connectivity index (χ2v) is 4.52. The van der Waals surface area contributed by atoms with Gasteiger partial charge in [0.05, 0.1) is 28.8 Å². The number of pyridine rings is 1. The number of halogens is 1. The number of aromatic nitrogens is 1. The van der Waals surface area contributed by atoms with Gasteiger partial charge in [-0.25, -0.2) is 0 Å². The van der Waals surface area contributed by atoms with Crippen molar-refractivity contribution in [1.29, 1.82) is 0 Å². The number of anilines is 1. The molecule has 2 rings (SSSR count). The Kier molecular flexibility index (Phi) is 4.49. The minimum atomic E-state index is -0.473. The SMILES string of the molecule is O=[N+]([O-])c1ccc(CO)cc1NCc1ccc(Cl)cn1. The third kappa shape index (κ3) is 3.43. The highest BCUT2D eigenvalue weighted by Gasteiger charge is 2.13. The van der Waals surface area contributed by atoms with E-state index >= 15 is 0 Å². The molecule has 1 aromatic heterocycles. The van der Waals surface area contributed by atoms with Gasteiger partial charge in [-0.3, -0.25) is 15.1 Å². The number of aliphatic hydroxyl groups excluding tert-OH is 1. The van der Waals surface area contributed by atoms with Crippen LogP contribution in [0.25, 0.3) is 0 Å². The molecule has 1 heterocycles. The average Bonchev–Trinajstić information content (AvgIpc) is 2.46. The van der Waals surface area contributed by atoms with E-state index in [0.717, 1.165) is 0 Å². The monoisotopic (exact) mass is 293 g/mol. The van der Waals surface area contributed by atoms with Crippen LogP contribution in [-0.4, -0.2) is 15.0 Å². The number of nitrogens with zero attached hydrogens (tertiary/aromatic N) is 2. The van der Waals surface area contributed by atoms with Crippen molar-refractivity contribution in [3.63, 3.8) is 0 Å². The van der Waals surface area contributed by atoms with E-state index in [4.69, 9.17) is 16.7 Å². The van der Waals surface area contributed by atoms with Crippen LogP contribution in [0.15, 0.2) is 36.5 Å². The highest BCUT2D eigenvalue weighted by molar-refractivity contribution is 6.30. The van der Waals surface area contributed by atoms with Crippen LogP contribution in [0, 0.1) is 10.1 Å². The molecule has 1 aromatic carbocycles. The van der Waals surface area contributed by atoms with Crippen LogP contribution in [0.5, 0.6) is 0 Å². The summed E-state index contributed by atoms with van der Waals surface area (Å²) in [7, 11) is 0. The van der Waals surface area contributed by atoms with Crippen LogP contribution >= 0.6 is 11.6 Å². The number of aliphatic hydroxyl groups is 1. The third-order valence-corrected chi connectivity index (χ3v) is 2.91. The maximum Gasteiger partial charge on any atom is 0.292 e. The van der Waals surface area contributed by atoms with Crippen molar-refractivity contribution in [2.24, 2.45) is 0 Å². The zero-order valence-electron chi connectivity index (χ0n) is 10.4. The summed E-state index contributed by atoms with van der Waals surface area (Å²) in [6, 6.07) is 7.86. The molecule has 7 heteroatoms. The molecule has 0 spiro atoms. The highest BCUT2D eigenvalue weighted by atomic mass is 35.5. The van der Waals surface area contributed by atoms with Crippen molar-refractivity contribution in [3.05, 3.63) is 62.9 Å². The number of benzene rings is 1. The first kappa shape index (κ1) is 14.2. The van der Waals surface area contributed by atoms with Crippen molar-refractivity contribution < 1.29 is 10.0 Å². The Balaban J connectivity index is 2.18. The van der Waals surface area contributed by atoms with E-state index in [0.29, 0.717) is 28.5 Å². The molecule has 0 aliphatic carbocycles. The van der Waals surface area contributed by atoms with Crippen LogP contribution in [-0.2, 0) is 13.2 Å². The zero-order valence-corrected chi connectivity index (χ0v) is 11.2. The minimum Gasteiger partial charge on any atom is -0.392 e. The lowest BCUT2D eigenvalue weighted by atomic mass is 10.2. The predicted octanol–water partition coefficient (Wildman–Crippen LogP) is 2.75. The van der Waals surface area contributed by atoms with Gasteiger partial charge < -0.3 is 10.4 Å². The van der Waals surface area contributed by atoms with E-state index in [1.54, 1.807) is 18.2 Å². The van der Waals surface area contributed by atoms with Gasteiger partial charge in [0.15, 0.2) is 0 Å². The first-order valence-corrected chi connectivity index (χ1v) is 6.20. The first-order chi connectivity index (χ1) is 9.60. The molecule has 0 saturated carbocycles. The number of rotatable bonds is 5. The molecule has 0 radical (unpaired) electrons. The lowest BCUT2D eigenvalue weighted by Crippen LogP contribution is -2.04. The average molecular weight is 294 g/mol. The summed E-state index contributed by atoms with van der Waals surface area (Å²) in [6.45, 7) is 0.152. The fraction of sp³-hybridized carbons (Fsp3) is 0.154. The van der Waals surface area contributed by atoms with Crippen molar-refractivity contribution in [3.8, 4) is 0 Å². The predicted molar refractivity (Wildman–Crippen MR) is 75.6 cm³/mol. The van der Waals surface area contributed by atoms with Gasteiger partial charge in [-0.2, -0.15) is 0 Å². The number of hydrogen-bond acceptors (Lipinski definition) is 5. The summed E-state index contributed by atoms with van der Waals surface area (Å²) in [5.41, 5.74) is 1.61. The molecular formula is C13H12ClN3O3. The largest absolute Gasteiger partial charge is 0.392 e. The zero-order chi connectivity index (χ0) is 14.5. The Morgan fingerprint density at radius 1 is 1.35 bits per heavy atom. The van der Waals surface area contributed by atoms with Gasteiger partial charge in [0.1, 0.15) is 5.69 Å². The number of nitro groups is 1. The topological polar surface area (TPSA) is 88.3 Å². The Hall–Kier alpha value is -2.18. The third-order valence-electron chi connectivity index (χ3n) is 2.69. The highest BCUT2D eigenvalue weighted by Crippen LogP contribution is 2.26. The van der Waals surface area contributed by atoms with Gasteiger partial charge >= 0.3 is 0 Å². The first-order valence-electron chi connectivity index (χ1n) is 5.82. The molecule has 0 fully saturated rings. The summed E-state index contributed by atoms with van der Waals surface area (Å²) < 4.78 is 0. The molecule has 0 amide bonds. The summed E-state index contributed by atoms with van der Waals surface area (Å²) >= 11 is 5.74. The lowest BCUT2D eigenvalue weighted by Gasteiger charge is -2.08. The standard InChI is InChI=1S/C13H12ClN3O3/c14-10-2-3-11(15-6-10)7-16-12-5-9(8-18)1-4-13(12)17(19)20/h1-6,16,18H,7-8H2. The van der Waals surface area contributed by atoms with Crippen molar-refractivity contribution in [2.75, 3.05) is 5.32 Å². The van der Waals surface area contributed by atoms with Crippen LogP contribution in [0.1, 0.15) is 11.3 Å². The van der Waals surface area contributed by atoms with E-state index < -0.39 is 4.92 Å². The second-order valence-electron chi connectivity index (χ2n) is 4.09. The van der Waals surface area contributed by atoms with Gasteiger partial charge in [-0.05, 0) is 29.8 Å². The quantitative estimate of drug-likeness (QED) is 0.653. The Bertz CT molecular complexity index is 617. The van der Waals surface area contributed by atoms with Gasteiger partial charge in [0.2, 0.25) is 0 Å². The lowest BCUT2D eigenvalue weighted by molar-refractivity contribution is -0.384.